The van der Waals surface area contributed by atoms with Crippen LogP contribution in [0.2, 0.25) is 0 Å². The highest BCUT2D eigenvalue weighted by Crippen LogP contribution is 2.11. The number of hydrogen-bond acceptors (Lipinski definition) is 5. The summed E-state index contributed by atoms with van der Waals surface area (Å²) in [4.78, 5) is 25.8. The van der Waals surface area contributed by atoms with Gasteiger partial charge in [0.1, 0.15) is 11.5 Å². The Hall–Kier alpha value is -1.37. The van der Waals surface area contributed by atoms with Gasteiger partial charge in [0, 0.05) is 13.1 Å². The molecule has 0 aromatic carbocycles. The third-order valence-corrected chi connectivity index (χ3v) is 3.75. The zero-order valence-corrected chi connectivity index (χ0v) is 13.0. The molecule has 1 heterocycles. The fourth-order valence-electron chi connectivity index (χ4n) is 1.88. The Morgan fingerprint density at radius 3 is 2.70 bits per heavy atom. The summed E-state index contributed by atoms with van der Waals surface area (Å²) in [5, 5.41) is 3.05. The number of anilines is 2. The quantitative estimate of drug-likeness (QED) is 0.601. The molecule has 1 aromatic rings. The summed E-state index contributed by atoms with van der Waals surface area (Å²) in [6.45, 7) is 3.25. The predicted octanol–water partition coefficient (Wildman–Crippen LogP) is 1.47. The van der Waals surface area contributed by atoms with Crippen molar-refractivity contribution in [1.29, 1.82) is 0 Å². The summed E-state index contributed by atoms with van der Waals surface area (Å²) in [7, 11) is 0. The third kappa shape index (κ3) is 4.63. The highest BCUT2D eigenvalue weighted by Gasteiger charge is 2.11. The molecule has 7 heteroatoms. The average Bonchev–Trinajstić information content (AvgIpc) is 2.41. The molecule has 0 aliphatic carbocycles. The molecule has 0 saturated carbocycles. The van der Waals surface area contributed by atoms with Gasteiger partial charge in [-0.05, 0) is 31.3 Å². The lowest BCUT2D eigenvalue weighted by Crippen LogP contribution is -2.34. The van der Waals surface area contributed by atoms with Crippen LogP contribution in [-0.4, -0.2) is 28.1 Å². The van der Waals surface area contributed by atoms with Crippen molar-refractivity contribution in [2.45, 2.75) is 39.2 Å². The third-order valence-electron chi connectivity index (χ3n) is 3.05. The van der Waals surface area contributed by atoms with Crippen molar-refractivity contribution in [2.75, 3.05) is 29.6 Å². The number of rotatable bonds is 9. The first-order chi connectivity index (χ1) is 9.61. The predicted molar refractivity (Wildman–Crippen MR) is 86.7 cm³/mol. The molecule has 20 heavy (non-hydrogen) atoms. The van der Waals surface area contributed by atoms with Gasteiger partial charge in [-0.1, -0.05) is 13.3 Å². The van der Waals surface area contributed by atoms with Gasteiger partial charge in [-0.25, -0.2) is 4.79 Å². The van der Waals surface area contributed by atoms with E-state index >= 15 is 0 Å². The molecule has 1 rings (SSSR count). The van der Waals surface area contributed by atoms with Crippen LogP contribution in [0.1, 0.15) is 32.6 Å². The summed E-state index contributed by atoms with van der Waals surface area (Å²) < 4.78 is 1.43. The number of nitrogens with zero attached hydrogens (tertiary/aromatic N) is 1. The van der Waals surface area contributed by atoms with E-state index in [2.05, 4.69) is 16.6 Å². The van der Waals surface area contributed by atoms with Crippen LogP contribution in [0.25, 0.3) is 0 Å². The number of aromatic nitrogens is 2. The van der Waals surface area contributed by atoms with Crippen LogP contribution in [0.3, 0.4) is 0 Å². The first-order valence-electron chi connectivity index (χ1n) is 6.97. The molecule has 4 N–H and O–H groups in total. The molecule has 0 saturated heterocycles. The fourth-order valence-corrected chi connectivity index (χ4v) is 2.37. The van der Waals surface area contributed by atoms with Crippen LogP contribution in [0.5, 0.6) is 0 Å². The number of H-pyrrole nitrogens is 1. The zero-order valence-electron chi connectivity index (χ0n) is 12.2. The van der Waals surface area contributed by atoms with E-state index in [1.54, 1.807) is 11.8 Å². The fraction of sp³-hybridized carbons (Fsp3) is 0.692. The van der Waals surface area contributed by atoms with Crippen LogP contribution in [0.4, 0.5) is 11.5 Å². The molecule has 6 nitrogen and oxygen atoms in total. The van der Waals surface area contributed by atoms with E-state index in [0.29, 0.717) is 18.8 Å². The maximum atomic E-state index is 11.8. The first kappa shape index (κ1) is 16.7. The van der Waals surface area contributed by atoms with Crippen molar-refractivity contribution in [3.8, 4) is 0 Å². The highest BCUT2D eigenvalue weighted by atomic mass is 32.2. The smallest absolute Gasteiger partial charge is 0.330 e. The minimum atomic E-state index is -0.440. The van der Waals surface area contributed by atoms with Gasteiger partial charge in [-0.15, -0.1) is 0 Å². The number of hydrogen-bond donors (Lipinski definition) is 3. The van der Waals surface area contributed by atoms with E-state index in [4.69, 9.17) is 5.73 Å². The molecule has 0 fully saturated rings. The van der Waals surface area contributed by atoms with Crippen molar-refractivity contribution in [1.82, 2.24) is 9.55 Å². The molecule has 0 amide bonds. The minimum Gasteiger partial charge on any atom is -0.383 e. The van der Waals surface area contributed by atoms with Crippen molar-refractivity contribution < 1.29 is 0 Å². The Morgan fingerprint density at radius 2 is 2.05 bits per heavy atom. The normalized spacial score (nSPS) is 10.7. The van der Waals surface area contributed by atoms with Gasteiger partial charge < -0.3 is 11.1 Å². The van der Waals surface area contributed by atoms with Gasteiger partial charge in [0.2, 0.25) is 0 Å². The molecule has 0 bridgehead atoms. The number of aromatic amines is 1. The summed E-state index contributed by atoms with van der Waals surface area (Å²) >= 11 is 1.80. The van der Waals surface area contributed by atoms with Crippen molar-refractivity contribution in [2.24, 2.45) is 0 Å². The van der Waals surface area contributed by atoms with Crippen LogP contribution in [0.15, 0.2) is 9.59 Å². The molecule has 0 unspecified atom stereocenters. The van der Waals surface area contributed by atoms with E-state index in [9.17, 15) is 9.59 Å². The SMILES string of the molecule is CCCCn1c(N)c(NCCCCSC)c(=O)[nH]c1=O. The number of nitrogens with one attached hydrogen (secondary N) is 2. The van der Waals surface area contributed by atoms with E-state index in [0.717, 1.165) is 31.4 Å². The van der Waals surface area contributed by atoms with Crippen LogP contribution in [0, 0.1) is 0 Å². The van der Waals surface area contributed by atoms with Gasteiger partial charge in [-0.2, -0.15) is 11.8 Å². The second-order valence-corrected chi connectivity index (χ2v) is 5.64. The molecule has 1 aromatic heterocycles. The minimum absolute atomic E-state index is 0.233. The molecular formula is C13H24N4O2S. The summed E-state index contributed by atoms with van der Waals surface area (Å²) in [6, 6.07) is 0. The molecule has 0 aliphatic heterocycles. The molecule has 0 radical (unpaired) electrons. The van der Waals surface area contributed by atoms with Gasteiger partial charge in [0.15, 0.2) is 0 Å². The second-order valence-electron chi connectivity index (χ2n) is 4.65. The van der Waals surface area contributed by atoms with Crippen LogP contribution in [-0.2, 0) is 6.54 Å². The van der Waals surface area contributed by atoms with E-state index in [1.165, 1.54) is 4.57 Å². The molecule has 0 atom stereocenters. The van der Waals surface area contributed by atoms with Gasteiger partial charge in [0.25, 0.3) is 5.56 Å². The van der Waals surface area contributed by atoms with Crippen molar-refractivity contribution >= 4 is 23.3 Å². The average molecular weight is 300 g/mol. The summed E-state index contributed by atoms with van der Waals surface area (Å²) in [5.41, 5.74) is 5.38. The van der Waals surface area contributed by atoms with E-state index < -0.39 is 11.2 Å². The largest absolute Gasteiger partial charge is 0.383 e. The maximum absolute atomic E-state index is 11.8. The van der Waals surface area contributed by atoms with Crippen LogP contribution >= 0.6 is 11.8 Å². The Bertz CT molecular complexity index is 524. The Kier molecular flexibility index (Phi) is 7.28. The molecule has 0 spiro atoms. The maximum Gasteiger partial charge on any atom is 0.330 e. The lowest BCUT2D eigenvalue weighted by Gasteiger charge is -2.13. The first-order valence-corrected chi connectivity index (χ1v) is 8.36. The Morgan fingerprint density at radius 1 is 1.30 bits per heavy atom. The molecule has 114 valence electrons. The monoisotopic (exact) mass is 300 g/mol. The van der Waals surface area contributed by atoms with Crippen molar-refractivity contribution in [3.63, 3.8) is 0 Å². The summed E-state index contributed by atoms with van der Waals surface area (Å²) in [5.74, 6) is 1.33. The summed E-state index contributed by atoms with van der Waals surface area (Å²) in [6.07, 6.45) is 5.93. The Labute approximate surface area is 123 Å². The Balaban J connectivity index is 2.79. The number of nitrogens with two attached hydrogens (primary N) is 1. The highest BCUT2D eigenvalue weighted by molar-refractivity contribution is 7.98. The number of unbranched alkanes of at least 4 members (excludes halogenated alkanes) is 2. The molecular weight excluding hydrogens is 276 g/mol. The van der Waals surface area contributed by atoms with Crippen LogP contribution < -0.4 is 22.3 Å². The van der Waals surface area contributed by atoms with E-state index in [-0.39, 0.29) is 5.82 Å². The lowest BCUT2D eigenvalue weighted by atomic mass is 10.3. The topological polar surface area (TPSA) is 92.9 Å². The molecule has 0 aliphatic rings. The van der Waals surface area contributed by atoms with Gasteiger partial charge in [-0.3, -0.25) is 14.3 Å². The zero-order chi connectivity index (χ0) is 15.0. The standard InChI is InChI=1S/C13H24N4O2S/c1-3-4-8-17-11(14)10(12(18)16-13(17)19)15-7-5-6-9-20-2/h15H,3-9,14H2,1-2H3,(H,16,18,19). The lowest BCUT2D eigenvalue weighted by molar-refractivity contribution is 0.605. The second kappa shape index (κ2) is 8.73. The van der Waals surface area contributed by atoms with Gasteiger partial charge in [0.05, 0.1) is 0 Å². The number of nitrogen functional groups attached to an aromatic ring is 1. The van der Waals surface area contributed by atoms with Gasteiger partial charge >= 0.3 is 5.69 Å². The number of thioether (sulfide) groups is 1. The van der Waals surface area contributed by atoms with Crippen molar-refractivity contribution in [3.05, 3.63) is 20.8 Å². The van der Waals surface area contributed by atoms with E-state index in [1.807, 2.05) is 6.92 Å².